The number of hydrogen-bond acceptors (Lipinski definition) is 6. The second-order valence-corrected chi connectivity index (χ2v) is 7.06. The lowest BCUT2D eigenvalue weighted by Gasteiger charge is -2.06. The van der Waals surface area contributed by atoms with Gasteiger partial charge in [-0.25, -0.2) is 10.4 Å². The number of ether oxygens (including phenoxy) is 1. The number of hydrazone groups is 1. The largest absolute Gasteiger partial charge is 0.489 e. The van der Waals surface area contributed by atoms with Gasteiger partial charge in [-0.1, -0.05) is 12.1 Å². The van der Waals surface area contributed by atoms with Crippen molar-refractivity contribution in [3.8, 4) is 5.75 Å². The quantitative estimate of drug-likeness (QED) is 0.228. The molecular weight excluding hydrogens is 487 g/mol. The van der Waals surface area contributed by atoms with Crippen molar-refractivity contribution < 1.29 is 14.5 Å². The van der Waals surface area contributed by atoms with Crippen molar-refractivity contribution in [2.75, 3.05) is 0 Å². The summed E-state index contributed by atoms with van der Waals surface area (Å²) in [6.07, 6.45) is 2.73. The summed E-state index contributed by atoms with van der Waals surface area (Å²) < 4.78 is 6.90. The third-order valence-electron chi connectivity index (χ3n) is 3.78. The number of rotatable bonds is 7. The summed E-state index contributed by atoms with van der Waals surface area (Å²) in [5, 5.41) is 14.8. The number of benzene rings is 2. The number of nitrogens with zero attached hydrogens (tertiary/aromatic N) is 3. The Hall–Kier alpha value is -3.34. The Morgan fingerprint density at radius 2 is 1.90 bits per heavy atom. The van der Waals surface area contributed by atoms with Crippen LogP contribution in [-0.2, 0) is 6.61 Å². The number of pyridine rings is 1. The molecule has 0 fully saturated rings. The van der Waals surface area contributed by atoms with Gasteiger partial charge in [0, 0.05) is 15.8 Å². The highest BCUT2D eigenvalue weighted by Gasteiger charge is 2.20. The van der Waals surface area contributed by atoms with E-state index in [2.05, 4.69) is 38.1 Å². The average Bonchev–Trinajstić information content (AvgIpc) is 2.74. The molecule has 0 radical (unpaired) electrons. The first kappa shape index (κ1) is 20.4. The fourth-order valence-corrected chi connectivity index (χ4v) is 2.69. The molecule has 3 aromatic rings. The van der Waals surface area contributed by atoms with Gasteiger partial charge in [0.1, 0.15) is 12.4 Å². The first-order chi connectivity index (χ1) is 14.0. The maximum atomic E-state index is 12.0. The number of hydrogen-bond donors (Lipinski definition) is 1. The number of carbonyl (C=O) groups is 1. The van der Waals surface area contributed by atoms with Crippen molar-refractivity contribution >= 4 is 40.4 Å². The van der Waals surface area contributed by atoms with E-state index in [9.17, 15) is 14.9 Å². The number of halogens is 1. The van der Waals surface area contributed by atoms with E-state index in [1.807, 2.05) is 24.3 Å². The van der Waals surface area contributed by atoms with Gasteiger partial charge in [-0.3, -0.25) is 14.9 Å². The molecule has 0 aliphatic carbocycles. The minimum absolute atomic E-state index is 0.297. The summed E-state index contributed by atoms with van der Waals surface area (Å²) in [6.45, 7) is 0.462. The van der Waals surface area contributed by atoms with Crippen LogP contribution in [0.25, 0.3) is 0 Å². The number of nitrogens with one attached hydrogen (secondary N) is 1. The maximum absolute atomic E-state index is 12.0. The number of aromatic nitrogens is 1. The van der Waals surface area contributed by atoms with Crippen molar-refractivity contribution in [1.82, 2.24) is 10.4 Å². The van der Waals surface area contributed by atoms with E-state index in [1.54, 1.807) is 24.3 Å². The Morgan fingerprint density at radius 1 is 1.17 bits per heavy atom. The fraction of sp³-hybridized carbons (Fsp3) is 0.0500. The highest BCUT2D eigenvalue weighted by atomic mass is 127. The maximum Gasteiger partial charge on any atom is 0.300 e. The van der Waals surface area contributed by atoms with Crippen LogP contribution in [-0.4, -0.2) is 22.0 Å². The monoisotopic (exact) mass is 502 g/mol. The SMILES string of the molecule is O=C(N/N=C/c1ccc(OCc2ccc(I)cc2)cc1)c1ncccc1[N+](=O)[O-]. The fourth-order valence-electron chi connectivity index (χ4n) is 2.33. The van der Waals surface area contributed by atoms with Crippen LogP contribution in [0.2, 0.25) is 0 Å². The molecule has 0 unspecified atom stereocenters. The van der Waals surface area contributed by atoms with Crippen molar-refractivity contribution in [1.29, 1.82) is 0 Å². The van der Waals surface area contributed by atoms with E-state index in [4.69, 9.17) is 4.74 Å². The van der Waals surface area contributed by atoms with Crippen LogP contribution in [0.3, 0.4) is 0 Å². The van der Waals surface area contributed by atoms with Crippen LogP contribution < -0.4 is 10.2 Å². The third-order valence-corrected chi connectivity index (χ3v) is 4.50. The molecule has 1 amide bonds. The topological polar surface area (TPSA) is 107 Å². The van der Waals surface area contributed by atoms with E-state index in [1.165, 1.54) is 28.1 Å². The smallest absolute Gasteiger partial charge is 0.300 e. The van der Waals surface area contributed by atoms with Crippen molar-refractivity contribution in [3.05, 3.63) is 97.4 Å². The first-order valence-corrected chi connectivity index (χ1v) is 9.51. The Balaban J connectivity index is 1.55. The van der Waals surface area contributed by atoms with Crippen molar-refractivity contribution in [3.63, 3.8) is 0 Å². The summed E-state index contributed by atoms with van der Waals surface area (Å²) >= 11 is 2.25. The van der Waals surface area contributed by atoms with E-state index in [0.29, 0.717) is 12.4 Å². The Bertz CT molecular complexity index is 1040. The lowest BCUT2D eigenvalue weighted by Crippen LogP contribution is -2.20. The second-order valence-electron chi connectivity index (χ2n) is 5.81. The average molecular weight is 502 g/mol. The number of nitro groups is 1. The van der Waals surface area contributed by atoms with Gasteiger partial charge in [-0.15, -0.1) is 0 Å². The predicted molar refractivity (Wildman–Crippen MR) is 116 cm³/mol. The van der Waals surface area contributed by atoms with E-state index in [0.717, 1.165) is 11.1 Å². The molecular formula is C20H15IN4O4. The molecule has 0 bridgehead atoms. The zero-order valence-corrected chi connectivity index (χ0v) is 17.1. The van der Waals surface area contributed by atoms with Gasteiger partial charge in [0.25, 0.3) is 5.91 Å². The van der Waals surface area contributed by atoms with Gasteiger partial charge in [0.2, 0.25) is 5.69 Å². The predicted octanol–water partition coefficient (Wildman–Crippen LogP) is 3.94. The normalized spacial score (nSPS) is 10.7. The molecule has 0 aliphatic heterocycles. The standard InChI is InChI=1S/C20H15IN4O4/c21-16-7-3-15(4-8-16)13-29-17-9-5-14(6-10-17)12-23-24-20(26)19-18(25(27)28)2-1-11-22-19/h1-12H,13H2,(H,24,26)/b23-12+. The van der Waals surface area contributed by atoms with Crippen LogP contribution in [0.1, 0.15) is 21.6 Å². The molecule has 2 aromatic carbocycles. The summed E-state index contributed by atoms with van der Waals surface area (Å²) in [5.41, 5.74) is 3.36. The minimum Gasteiger partial charge on any atom is -0.489 e. The van der Waals surface area contributed by atoms with Crippen LogP contribution in [0.15, 0.2) is 72.0 Å². The van der Waals surface area contributed by atoms with E-state index >= 15 is 0 Å². The Kier molecular flexibility index (Phi) is 6.85. The first-order valence-electron chi connectivity index (χ1n) is 8.43. The summed E-state index contributed by atoms with van der Waals surface area (Å²) in [6, 6.07) is 17.8. The molecule has 0 atom stereocenters. The summed E-state index contributed by atoms with van der Waals surface area (Å²) in [4.78, 5) is 26.1. The lowest BCUT2D eigenvalue weighted by molar-refractivity contribution is -0.385. The van der Waals surface area contributed by atoms with Crippen LogP contribution >= 0.6 is 22.6 Å². The molecule has 1 aromatic heterocycles. The second kappa shape index (κ2) is 9.73. The van der Waals surface area contributed by atoms with Crippen molar-refractivity contribution in [2.24, 2.45) is 5.10 Å². The van der Waals surface area contributed by atoms with Gasteiger partial charge < -0.3 is 4.74 Å². The molecule has 146 valence electrons. The van der Waals surface area contributed by atoms with E-state index < -0.39 is 10.8 Å². The zero-order valence-electron chi connectivity index (χ0n) is 15.0. The van der Waals surface area contributed by atoms with Crippen LogP contribution in [0.5, 0.6) is 5.75 Å². The minimum atomic E-state index is -0.758. The summed E-state index contributed by atoms with van der Waals surface area (Å²) in [7, 11) is 0. The molecule has 1 N–H and O–H groups in total. The summed E-state index contributed by atoms with van der Waals surface area (Å²) in [5.74, 6) is -0.0557. The van der Waals surface area contributed by atoms with Gasteiger partial charge in [0.15, 0.2) is 0 Å². The van der Waals surface area contributed by atoms with Gasteiger partial charge in [-0.05, 0) is 76.2 Å². The van der Waals surface area contributed by atoms with Gasteiger partial charge in [0.05, 0.1) is 11.1 Å². The Labute approximate surface area is 179 Å². The third kappa shape index (κ3) is 5.82. The van der Waals surface area contributed by atoms with Crippen LogP contribution in [0, 0.1) is 13.7 Å². The van der Waals surface area contributed by atoms with Crippen molar-refractivity contribution in [2.45, 2.75) is 6.61 Å². The molecule has 0 aliphatic rings. The number of amides is 1. The number of carbonyl (C=O) groups excluding carboxylic acids is 1. The molecule has 3 rings (SSSR count). The highest BCUT2D eigenvalue weighted by molar-refractivity contribution is 14.1. The molecule has 0 saturated heterocycles. The van der Waals surface area contributed by atoms with E-state index in [-0.39, 0.29) is 11.4 Å². The molecule has 0 spiro atoms. The van der Waals surface area contributed by atoms with Crippen LogP contribution in [0.4, 0.5) is 5.69 Å². The zero-order chi connectivity index (χ0) is 20.6. The van der Waals surface area contributed by atoms with Gasteiger partial charge >= 0.3 is 5.69 Å². The molecule has 8 nitrogen and oxygen atoms in total. The lowest BCUT2D eigenvalue weighted by atomic mass is 10.2. The molecule has 9 heteroatoms. The molecule has 29 heavy (non-hydrogen) atoms. The molecule has 0 saturated carbocycles. The highest BCUT2D eigenvalue weighted by Crippen LogP contribution is 2.16. The molecule has 1 heterocycles. The van der Waals surface area contributed by atoms with Gasteiger partial charge in [-0.2, -0.15) is 5.10 Å². The Morgan fingerprint density at radius 3 is 2.59 bits per heavy atom.